The number of hydrogen-bond donors (Lipinski definition) is 2. The Morgan fingerprint density at radius 2 is 2.10 bits per heavy atom. The predicted octanol–water partition coefficient (Wildman–Crippen LogP) is 0.482. The van der Waals surface area contributed by atoms with Gasteiger partial charge in [-0.1, -0.05) is 12.1 Å². The molecule has 6 nitrogen and oxygen atoms in total. The van der Waals surface area contributed by atoms with Crippen molar-refractivity contribution in [2.45, 2.75) is 37.3 Å². The summed E-state index contributed by atoms with van der Waals surface area (Å²) in [7, 11) is -3.49. The van der Waals surface area contributed by atoms with Crippen molar-refractivity contribution >= 4 is 10.0 Å². The highest BCUT2D eigenvalue weighted by atomic mass is 32.2. The van der Waals surface area contributed by atoms with Gasteiger partial charge in [0.05, 0.1) is 29.5 Å². The maximum atomic E-state index is 12.2. The quantitative estimate of drug-likeness (QED) is 0.795. The molecule has 21 heavy (non-hydrogen) atoms. The molecule has 114 valence electrons. The fourth-order valence-corrected chi connectivity index (χ4v) is 3.79. The normalized spacial score (nSPS) is 25.1. The van der Waals surface area contributed by atoms with E-state index in [1.165, 1.54) is 0 Å². The van der Waals surface area contributed by atoms with E-state index in [2.05, 4.69) is 4.72 Å². The average Bonchev–Trinajstić information content (AvgIpc) is 2.45. The van der Waals surface area contributed by atoms with Gasteiger partial charge in [0.2, 0.25) is 10.0 Å². The number of nitrogens with two attached hydrogens (primary N) is 1. The lowest BCUT2D eigenvalue weighted by molar-refractivity contribution is -0.0248. The van der Waals surface area contributed by atoms with Crippen molar-refractivity contribution < 1.29 is 13.2 Å². The summed E-state index contributed by atoms with van der Waals surface area (Å²) in [6.07, 6.45) is 0.512. The molecule has 7 heteroatoms. The number of nitrogens with one attached hydrogen (secondary N) is 1. The molecule has 1 fully saturated rings. The Morgan fingerprint density at radius 1 is 1.43 bits per heavy atom. The fraction of sp³-hybridized carbons (Fsp3) is 0.500. The van der Waals surface area contributed by atoms with E-state index in [1.54, 1.807) is 24.3 Å². The Labute approximate surface area is 125 Å². The van der Waals surface area contributed by atoms with Crippen LogP contribution in [0.5, 0.6) is 0 Å². The summed E-state index contributed by atoms with van der Waals surface area (Å²) in [6, 6.07) is 7.89. The van der Waals surface area contributed by atoms with Gasteiger partial charge in [0, 0.05) is 12.6 Å². The highest BCUT2D eigenvalue weighted by Gasteiger charge is 2.41. The van der Waals surface area contributed by atoms with Crippen molar-refractivity contribution in [1.82, 2.24) is 4.72 Å². The summed E-state index contributed by atoms with van der Waals surface area (Å²) in [5, 5.41) is 8.72. The van der Waals surface area contributed by atoms with E-state index >= 15 is 0 Å². The maximum Gasteiger partial charge on any atom is 0.216 e. The van der Waals surface area contributed by atoms with Gasteiger partial charge in [0.15, 0.2) is 0 Å². The minimum Gasteiger partial charge on any atom is -0.377 e. The third-order valence-corrected chi connectivity index (χ3v) is 4.85. The Bertz CT molecular complexity index is 620. The van der Waals surface area contributed by atoms with Crippen LogP contribution in [0.1, 0.15) is 24.5 Å². The molecule has 0 heterocycles. The predicted molar refractivity (Wildman–Crippen MR) is 78.7 cm³/mol. The fourth-order valence-electron chi connectivity index (χ4n) is 2.33. The van der Waals surface area contributed by atoms with Crippen LogP contribution in [0.15, 0.2) is 24.3 Å². The first kappa shape index (κ1) is 15.9. The molecule has 2 rings (SSSR count). The van der Waals surface area contributed by atoms with Crippen molar-refractivity contribution in [3.05, 3.63) is 35.4 Å². The van der Waals surface area contributed by atoms with Crippen LogP contribution < -0.4 is 10.5 Å². The van der Waals surface area contributed by atoms with Gasteiger partial charge >= 0.3 is 0 Å². The summed E-state index contributed by atoms with van der Waals surface area (Å²) in [5.74, 6) is -0.138. The number of nitriles is 1. The molecule has 3 N–H and O–H groups in total. The minimum atomic E-state index is -3.49. The van der Waals surface area contributed by atoms with Crippen LogP contribution >= 0.6 is 0 Å². The van der Waals surface area contributed by atoms with Crippen LogP contribution in [0.2, 0.25) is 0 Å². The summed E-state index contributed by atoms with van der Waals surface area (Å²) >= 11 is 0. The van der Waals surface area contributed by atoms with Crippen molar-refractivity contribution in [2.24, 2.45) is 5.73 Å². The molecule has 1 aromatic carbocycles. The zero-order valence-electron chi connectivity index (χ0n) is 11.8. The van der Waals surface area contributed by atoms with E-state index in [1.807, 2.05) is 13.0 Å². The first-order valence-electron chi connectivity index (χ1n) is 6.81. The highest BCUT2D eigenvalue weighted by Crippen LogP contribution is 2.23. The maximum absolute atomic E-state index is 12.2. The van der Waals surface area contributed by atoms with Crippen LogP contribution in [-0.2, 0) is 20.5 Å². The van der Waals surface area contributed by atoms with E-state index in [9.17, 15) is 8.42 Å². The zero-order valence-corrected chi connectivity index (χ0v) is 12.6. The number of rotatable bonds is 6. The molecule has 0 aromatic heterocycles. The molecule has 1 aliphatic carbocycles. The van der Waals surface area contributed by atoms with Crippen LogP contribution in [0.3, 0.4) is 0 Å². The SMILES string of the molecule is CCOC1CC(N)C1NS(=O)(=O)Cc1ccc(C#N)cc1. The highest BCUT2D eigenvalue weighted by molar-refractivity contribution is 7.88. The molecule has 0 radical (unpaired) electrons. The lowest BCUT2D eigenvalue weighted by atomic mass is 9.84. The number of nitrogens with zero attached hydrogens (tertiary/aromatic N) is 1. The van der Waals surface area contributed by atoms with E-state index in [0.29, 0.717) is 24.2 Å². The molecule has 0 saturated heterocycles. The Balaban J connectivity index is 1.99. The van der Waals surface area contributed by atoms with E-state index in [4.69, 9.17) is 15.7 Å². The summed E-state index contributed by atoms with van der Waals surface area (Å²) in [4.78, 5) is 0. The van der Waals surface area contributed by atoms with E-state index < -0.39 is 10.0 Å². The molecule has 0 bridgehead atoms. The van der Waals surface area contributed by atoms with Crippen molar-refractivity contribution in [2.75, 3.05) is 6.61 Å². The van der Waals surface area contributed by atoms with Gasteiger partial charge in [-0.25, -0.2) is 13.1 Å². The van der Waals surface area contributed by atoms with Crippen LogP contribution in [0, 0.1) is 11.3 Å². The largest absolute Gasteiger partial charge is 0.377 e. The van der Waals surface area contributed by atoms with Crippen LogP contribution in [0.4, 0.5) is 0 Å². The zero-order chi connectivity index (χ0) is 15.5. The molecule has 3 unspecified atom stereocenters. The van der Waals surface area contributed by atoms with Crippen molar-refractivity contribution in [3.8, 4) is 6.07 Å². The van der Waals surface area contributed by atoms with Crippen LogP contribution in [-0.4, -0.2) is 33.2 Å². The summed E-state index contributed by atoms with van der Waals surface area (Å²) < 4.78 is 32.4. The number of benzene rings is 1. The number of sulfonamides is 1. The molecule has 0 spiro atoms. The lowest BCUT2D eigenvalue weighted by Gasteiger charge is -2.42. The molecule has 1 aromatic rings. The molecule has 3 atom stereocenters. The van der Waals surface area contributed by atoms with Gasteiger partial charge in [-0.05, 0) is 31.0 Å². The Kier molecular flexibility index (Phi) is 4.96. The smallest absolute Gasteiger partial charge is 0.216 e. The standard InChI is InChI=1S/C14H19N3O3S/c1-2-20-13-7-12(16)14(13)17-21(18,19)9-11-5-3-10(8-15)4-6-11/h3-6,12-14,17H,2,7,9,16H2,1H3. The second kappa shape index (κ2) is 6.54. The number of ether oxygens (including phenoxy) is 1. The second-order valence-corrected chi connectivity index (χ2v) is 6.86. The molecular weight excluding hydrogens is 290 g/mol. The Hall–Kier alpha value is -1.46. The summed E-state index contributed by atoms with van der Waals surface area (Å²) in [6.45, 7) is 2.40. The average molecular weight is 309 g/mol. The topological polar surface area (TPSA) is 105 Å². The van der Waals surface area contributed by atoms with Gasteiger partial charge in [0.25, 0.3) is 0 Å². The van der Waals surface area contributed by atoms with E-state index in [0.717, 1.165) is 0 Å². The van der Waals surface area contributed by atoms with Gasteiger partial charge in [0.1, 0.15) is 0 Å². The van der Waals surface area contributed by atoms with Crippen molar-refractivity contribution in [1.29, 1.82) is 5.26 Å². The first-order chi connectivity index (χ1) is 9.95. The minimum absolute atomic E-state index is 0.138. The molecular formula is C14H19N3O3S. The van der Waals surface area contributed by atoms with Gasteiger partial charge in [-0.2, -0.15) is 5.26 Å². The molecule has 1 saturated carbocycles. The van der Waals surface area contributed by atoms with E-state index in [-0.39, 0.29) is 23.9 Å². The van der Waals surface area contributed by atoms with Gasteiger partial charge in [-0.15, -0.1) is 0 Å². The van der Waals surface area contributed by atoms with Gasteiger partial charge in [-0.3, -0.25) is 0 Å². The van der Waals surface area contributed by atoms with Crippen LogP contribution in [0.25, 0.3) is 0 Å². The van der Waals surface area contributed by atoms with Crippen molar-refractivity contribution in [3.63, 3.8) is 0 Å². The third-order valence-electron chi connectivity index (χ3n) is 3.50. The van der Waals surface area contributed by atoms with Gasteiger partial charge < -0.3 is 10.5 Å². The Morgan fingerprint density at radius 3 is 2.62 bits per heavy atom. The molecule has 0 aliphatic heterocycles. The molecule has 1 aliphatic rings. The first-order valence-corrected chi connectivity index (χ1v) is 8.46. The lowest BCUT2D eigenvalue weighted by Crippen LogP contribution is -2.64. The molecule has 0 amide bonds. The second-order valence-electron chi connectivity index (χ2n) is 5.10. The third kappa shape index (κ3) is 4.02. The number of hydrogen-bond acceptors (Lipinski definition) is 5. The summed E-state index contributed by atoms with van der Waals surface area (Å²) in [5.41, 5.74) is 6.97. The monoisotopic (exact) mass is 309 g/mol.